The smallest absolute Gasteiger partial charge is 0.129 e. The fourth-order valence-corrected chi connectivity index (χ4v) is 3.59. The molecule has 0 aliphatic carbocycles. The second-order valence-electron chi connectivity index (χ2n) is 5.02. The third-order valence-electron chi connectivity index (χ3n) is 3.50. The van der Waals surface area contributed by atoms with Crippen LogP contribution in [0.2, 0.25) is 0 Å². The summed E-state index contributed by atoms with van der Waals surface area (Å²) in [6.07, 6.45) is 1.03. The van der Waals surface area contributed by atoms with Crippen molar-refractivity contribution in [3.63, 3.8) is 0 Å². The van der Waals surface area contributed by atoms with Crippen molar-refractivity contribution in [1.82, 2.24) is 4.90 Å². The molecular weight excluding hydrogens is 288 g/mol. The Morgan fingerprint density at radius 1 is 1.50 bits per heavy atom. The molecule has 1 atom stereocenters. The molecular formula is C15H22N2OS2. The van der Waals surface area contributed by atoms with E-state index in [-0.39, 0.29) is 0 Å². The van der Waals surface area contributed by atoms with Crippen LogP contribution in [0.4, 0.5) is 0 Å². The van der Waals surface area contributed by atoms with Gasteiger partial charge in [-0.2, -0.15) is 11.8 Å². The lowest BCUT2D eigenvalue weighted by Crippen LogP contribution is -2.41. The van der Waals surface area contributed by atoms with Gasteiger partial charge < -0.3 is 10.5 Å². The van der Waals surface area contributed by atoms with E-state index < -0.39 is 0 Å². The van der Waals surface area contributed by atoms with Gasteiger partial charge in [-0.25, -0.2) is 0 Å². The Morgan fingerprint density at radius 2 is 2.30 bits per heavy atom. The molecule has 0 spiro atoms. The molecule has 1 heterocycles. The lowest BCUT2D eigenvalue weighted by molar-refractivity contribution is 0.206. The molecule has 0 amide bonds. The van der Waals surface area contributed by atoms with E-state index in [9.17, 15) is 0 Å². The molecule has 1 aliphatic rings. The number of para-hydroxylation sites is 1. The SMILES string of the molecule is CC1CSCCN1CCCOc1ccccc1C(N)=S. The van der Waals surface area contributed by atoms with Crippen molar-refractivity contribution in [1.29, 1.82) is 0 Å². The number of benzene rings is 1. The van der Waals surface area contributed by atoms with E-state index in [1.54, 1.807) is 0 Å². The highest BCUT2D eigenvalue weighted by Crippen LogP contribution is 2.19. The van der Waals surface area contributed by atoms with Gasteiger partial charge in [0, 0.05) is 30.6 Å². The van der Waals surface area contributed by atoms with Crippen LogP contribution in [-0.2, 0) is 0 Å². The van der Waals surface area contributed by atoms with Gasteiger partial charge in [0.05, 0.1) is 12.2 Å². The van der Waals surface area contributed by atoms with Gasteiger partial charge in [-0.1, -0.05) is 24.4 Å². The maximum Gasteiger partial charge on any atom is 0.129 e. The van der Waals surface area contributed by atoms with Gasteiger partial charge in [-0.3, -0.25) is 4.90 Å². The Labute approximate surface area is 130 Å². The molecule has 3 nitrogen and oxygen atoms in total. The summed E-state index contributed by atoms with van der Waals surface area (Å²) in [6, 6.07) is 8.38. The van der Waals surface area contributed by atoms with E-state index >= 15 is 0 Å². The molecule has 1 fully saturated rings. The van der Waals surface area contributed by atoms with Gasteiger partial charge in [-0.05, 0) is 25.5 Å². The Bertz CT molecular complexity index is 453. The third kappa shape index (κ3) is 4.36. The number of nitrogens with two attached hydrogens (primary N) is 1. The lowest BCUT2D eigenvalue weighted by Gasteiger charge is -2.32. The number of hydrogen-bond acceptors (Lipinski definition) is 4. The fraction of sp³-hybridized carbons (Fsp3) is 0.533. The first-order valence-corrected chi connectivity index (χ1v) is 8.58. The lowest BCUT2D eigenvalue weighted by atomic mass is 10.2. The standard InChI is InChI=1S/C15H22N2OS2/c1-12-11-20-10-8-17(12)7-4-9-18-14-6-3-2-5-13(14)15(16)19/h2-3,5-6,12H,4,7-11H2,1H3,(H2,16,19). The summed E-state index contributed by atoms with van der Waals surface area (Å²) in [5.74, 6) is 3.28. The van der Waals surface area contributed by atoms with Crippen LogP contribution in [-0.4, -0.2) is 47.1 Å². The second kappa shape index (κ2) is 7.86. The van der Waals surface area contributed by atoms with Gasteiger partial charge in [-0.15, -0.1) is 0 Å². The van der Waals surface area contributed by atoms with E-state index in [1.165, 1.54) is 18.1 Å². The summed E-state index contributed by atoms with van der Waals surface area (Å²) in [5.41, 5.74) is 6.52. The number of hydrogen-bond donors (Lipinski definition) is 1. The van der Waals surface area contributed by atoms with Crippen LogP contribution in [0.25, 0.3) is 0 Å². The first kappa shape index (κ1) is 15.6. The summed E-state index contributed by atoms with van der Waals surface area (Å²) in [4.78, 5) is 2.93. The van der Waals surface area contributed by atoms with Crippen LogP contribution in [0.5, 0.6) is 5.75 Å². The number of nitrogens with zero attached hydrogens (tertiary/aromatic N) is 1. The monoisotopic (exact) mass is 310 g/mol. The molecule has 1 aliphatic heterocycles. The zero-order valence-corrected chi connectivity index (χ0v) is 13.5. The first-order valence-electron chi connectivity index (χ1n) is 7.02. The molecule has 0 saturated carbocycles. The minimum atomic E-state index is 0.391. The molecule has 2 N–H and O–H groups in total. The number of rotatable bonds is 6. The third-order valence-corrected chi connectivity index (χ3v) is 4.91. The molecule has 0 aromatic heterocycles. The van der Waals surface area contributed by atoms with Gasteiger partial charge >= 0.3 is 0 Å². The van der Waals surface area contributed by atoms with Crippen molar-refractivity contribution >= 4 is 29.0 Å². The van der Waals surface area contributed by atoms with Gasteiger partial charge in [0.1, 0.15) is 10.7 Å². The quantitative estimate of drug-likeness (QED) is 0.646. The summed E-state index contributed by atoms with van der Waals surface area (Å²) in [7, 11) is 0. The average molecular weight is 310 g/mol. The van der Waals surface area contributed by atoms with Crippen molar-refractivity contribution < 1.29 is 4.74 Å². The maximum atomic E-state index is 5.83. The predicted octanol–water partition coefficient (Wildman–Crippen LogP) is 2.53. The van der Waals surface area contributed by atoms with Gasteiger partial charge in [0.2, 0.25) is 0 Å². The van der Waals surface area contributed by atoms with Crippen LogP contribution >= 0.6 is 24.0 Å². The molecule has 1 unspecified atom stereocenters. The van der Waals surface area contributed by atoms with Crippen molar-refractivity contribution in [3.8, 4) is 5.75 Å². The highest BCUT2D eigenvalue weighted by Gasteiger charge is 2.17. The zero-order chi connectivity index (χ0) is 14.4. The molecule has 20 heavy (non-hydrogen) atoms. The second-order valence-corrected chi connectivity index (χ2v) is 6.61. The highest BCUT2D eigenvalue weighted by atomic mass is 32.2. The predicted molar refractivity (Wildman–Crippen MR) is 90.8 cm³/mol. The van der Waals surface area contributed by atoms with E-state index in [0.717, 1.165) is 24.3 Å². The Balaban J connectivity index is 1.77. The molecule has 0 radical (unpaired) electrons. The minimum Gasteiger partial charge on any atom is -0.493 e. The summed E-state index contributed by atoms with van der Waals surface area (Å²) < 4.78 is 5.83. The number of ether oxygens (including phenoxy) is 1. The molecule has 2 rings (SSSR count). The van der Waals surface area contributed by atoms with Gasteiger partial charge in [0.25, 0.3) is 0 Å². The fourth-order valence-electron chi connectivity index (χ4n) is 2.34. The van der Waals surface area contributed by atoms with Crippen molar-refractivity contribution in [2.75, 3.05) is 31.2 Å². The van der Waals surface area contributed by atoms with Crippen LogP contribution < -0.4 is 10.5 Å². The molecule has 0 bridgehead atoms. The number of thioether (sulfide) groups is 1. The molecule has 1 saturated heterocycles. The average Bonchev–Trinajstić information content (AvgIpc) is 2.45. The minimum absolute atomic E-state index is 0.391. The van der Waals surface area contributed by atoms with Crippen molar-refractivity contribution in [3.05, 3.63) is 29.8 Å². The normalized spacial score (nSPS) is 19.8. The number of thiocarbonyl (C=S) groups is 1. The van der Waals surface area contributed by atoms with Crippen molar-refractivity contribution in [2.24, 2.45) is 5.73 Å². The molecule has 110 valence electrons. The summed E-state index contributed by atoms with van der Waals surface area (Å²) >= 11 is 7.08. The van der Waals surface area contributed by atoms with Gasteiger partial charge in [0.15, 0.2) is 0 Å². The first-order chi connectivity index (χ1) is 9.68. The Morgan fingerprint density at radius 3 is 3.05 bits per heavy atom. The summed E-state index contributed by atoms with van der Waals surface area (Å²) in [5, 5.41) is 0. The van der Waals surface area contributed by atoms with Crippen LogP contribution in [0.1, 0.15) is 18.9 Å². The molecule has 1 aromatic rings. The van der Waals surface area contributed by atoms with E-state index in [2.05, 4.69) is 11.8 Å². The van der Waals surface area contributed by atoms with E-state index in [4.69, 9.17) is 22.7 Å². The molecule has 1 aromatic carbocycles. The van der Waals surface area contributed by atoms with E-state index in [0.29, 0.717) is 17.6 Å². The highest BCUT2D eigenvalue weighted by molar-refractivity contribution is 7.99. The Hall–Kier alpha value is -0.780. The van der Waals surface area contributed by atoms with Crippen LogP contribution in [0.3, 0.4) is 0 Å². The van der Waals surface area contributed by atoms with E-state index in [1.807, 2.05) is 36.0 Å². The molecule has 5 heteroatoms. The maximum absolute atomic E-state index is 5.83. The van der Waals surface area contributed by atoms with Crippen LogP contribution in [0.15, 0.2) is 24.3 Å². The zero-order valence-electron chi connectivity index (χ0n) is 11.9. The van der Waals surface area contributed by atoms with Crippen LogP contribution in [0, 0.1) is 0 Å². The Kier molecular flexibility index (Phi) is 6.13. The summed E-state index contributed by atoms with van der Waals surface area (Å²) in [6.45, 7) is 5.29. The topological polar surface area (TPSA) is 38.5 Å². The van der Waals surface area contributed by atoms with Crippen molar-refractivity contribution in [2.45, 2.75) is 19.4 Å². The largest absolute Gasteiger partial charge is 0.493 e.